The fourth-order valence-electron chi connectivity index (χ4n) is 5.98. The van der Waals surface area contributed by atoms with E-state index in [1.54, 1.807) is 0 Å². The molecule has 0 atom stereocenters. The molecule has 25 heavy (non-hydrogen) atoms. The molecule has 0 saturated heterocycles. The monoisotopic (exact) mass is 339 g/mol. The molecule has 4 bridgehead atoms. The van der Waals surface area contributed by atoms with Gasteiger partial charge in [0, 0.05) is 6.07 Å². The summed E-state index contributed by atoms with van der Waals surface area (Å²) in [7, 11) is 0. The van der Waals surface area contributed by atoms with Crippen molar-refractivity contribution in [1.29, 1.82) is 0 Å². The van der Waals surface area contributed by atoms with Crippen molar-refractivity contribution in [3.8, 4) is 17.2 Å². The van der Waals surface area contributed by atoms with E-state index in [2.05, 4.69) is 15.5 Å². The molecule has 4 fully saturated rings. The van der Waals surface area contributed by atoms with Crippen LogP contribution in [0.25, 0.3) is 5.69 Å². The van der Waals surface area contributed by atoms with Crippen LogP contribution in [-0.4, -0.2) is 27.0 Å². The van der Waals surface area contributed by atoms with Gasteiger partial charge in [-0.3, -0.25) is 0 Å². The molecule has 0 unspecified atom stereocenters. The van der Waals surface area contributed by atoms with Crippen LogP contribution < -0.4 is 15.2 Å². The number of nitrogens with zero attached hydrogens (tertiary/aromatic N) is 4. The summed E-state index contributed by atoms with van der Waals surface area (Å²) in [5.41, 5.74) is 7.54. The molecule has 4 saturated carbocycles. The minimum absolute atomic E-state index is 0.259. The average molecular weight is 339 g/mol. The molecule has 130 valence electrons. The SMILES string of the molecule is NC1(c2nnnn2-c2ccc3c(c2)OCO3)C2CC3CC(C2)CC1C3. The van der Waals surface area contributed by atoms with Crippen LogP contribution in [0.2, 0.25) is 0 Å². The molecule has 1 aromatic carbocycles. The van der Waals surface area contributed by atoms with E-state index in [1.165, 1.54) is 32.1 Å². The molecule has 7 heteroatoms. The highest BCUT2D eigenvalue weighted by Crippen LogP contribution is 2.60. The smallest absolute Gasteiger partial charge is 0.231 e. The van der Waals surface area contributed by atoms with Gasteiger partial charge in [0.25, 0.3) is 0 Å². The van der Waals surface area contributed by atoms with Crippen molar-refractivity contribution in [2.24, 2.45) is 29.4 Å². The lowest BCUT2D eigenvalue weighted by Gasteiger charge is -2.58. The van der Waals surface area contributed by atoms with E-state index in [1.807, 2.05) is 22.9 Å². The Morgan fingerprint density at radius 1 is 1.00 bits per heavy atom. The van der Waals surface area contributed by atoms with Crippen LogP contribution in [0.1, 0.15) is 37.9 Å². The largest absolute Gasteiger partial charge is 0.454 e. The van der Waals surface area contributed by atoms with Crippen molar-refractivity contribution in [1.82, 2.24) is 20.2 Å². The van der Waals surface area contributed by atoms with Gasteiger partial charge in [-0.2, -0.15) is 4.68 Å². The van der Waals surface area contributed by atoms with Crippen LogP contribution in [0, 0.1) is 23.7 Å². The lowest BCUT2D eigenvalue weighted by molar-refractivity contribution is -0.0633. The summed E-state index contributed by atoms with van der Waals surface area (Å²) in [5, 5.41) is 12.7. The van der Waals surface area contributed by atoms with Crippen molar-refractivity contribution in [3.63, 3.8) is 0 Å². The second-order valence-corrected chi connectivity index (χ2v) is 8.19. The summed E-state index contributed by atoms with van der Waals surface area (Å²) in [4.78, 5) is 0. The van der Waals surface area contributed by atoms with E-state index < -0.39 is 5.54 Å². The molecule has 0 spiro atoms. The number of hydrogen-bond donors (Lipinski definition) is 1. The summed E-state index contributed by atoms with van der Waals surface area (Å²) in [6.07, 6.45) is 6.28. The first-order valence-corrected chi connectivity index (χ1v) is 9.19. The fraction of sp³-hybridized carbons (Fsp3) is 0.611. The molecule has 7 rings (SSSR count). The van der Waals surface area contributed by atoms with Crippen molar-refractivity contribution in [2.45, 2.75) is 37.6 Å². The van der Waals surface area contributed by atoms with E-state index in [9.17, 15) is 0 Å². The quantitative estimate of drug-likeness (QED) is 0.900. The lowest BCUT2D eigenvalue weighted by Crippen LogP contribution is -2.61. The van der Waals surface area contributed by atoms with Crippen LogP contribution >= 0.6 is 0 Å². The Morgan fingerprint density at radius 2 is 1.72 bits per heavy atom. The molecule has 2 N–H and O–H groups in total. The number of aromatic nitrogens is 4. The number of tetrazole rings is 1. The normalized spacial score (nSPS) is 37.6. The summed E-state index contributed by atoms with van der Waals surface area (Å²) < 4.78 is 12.7. The summed E-state index contributed by atoms with van der Waals surface area (Å²) in [5.74, 6) is 4.99. The molecule has 0 amide bonds. The van der Waals surface area contributed by atoms with Gasteiger partial charge < -0.3 is 15.2 Å². The number of hydrogen-bond acceptors (Lipinski definition) is 6. The molecule has 4 aliphatic carbocycles. The number of benzene rings is 1. The third-order valence-electron chi connectivity index (χ3n) is 6.95. The lowest BCUT2D eigenvalue weighted by atomic mass is 9.48. The maximum Gasteiger partial charge on any atom is 0.231 e. The Balaban J connectivity index is 1.45. The van der Waals surface area contributed by atoms with Gasteiger partial charge in [0.05, 0.1) is 11.2 Å². The standard InChI is InChI=1S/C18H21N5O2/c19-18(12-4-10-3-11(6-12)7-13(18)5-10)17-20-21-22-23(17)14-1-2-15-16(8-14)25-9-24-15/h1-2,8,10-13H,3-7,9,19H2. The minimum atomic E-state index is -0.423. The molecule has 0 radical (unpaired) electrons. The number of nitrogens with two attached hydrogens (primary N) is 1. The Labute approximate surface area is 145 Å². The maximum absolute atomic E-state index is 7.09. The van der Waals surface area contributed by atoms with Crippen LogP contribution in [0.3, 0.4) is 0 Å². The molecule has 1 aliphatic heterocycles. The molecule has 1 aromatic heterocycles. The highest BCUT2D eigenvalue weighted by Gasteiger charge is 2.58. The molecule has 7 nitrogen and oxygen atoms in total. The zero-order valence-corrected chi connectivity index (χ0v) is 14.0. The Kier molecular flexibility index (Phi) is 2.66. The second kappa shape index (κ2) is 4.72. The van der Waals surface area contributed by atoms with E-state index in [0.717, 1.165) is 34.8 Å². The van der Waals surface area contributed by atoms with Gasteiger partial charge in [-0.15, -0.1) is 5.10 Å². The number of rotatable bonds is 2. The summed E-state index contributed by atoms with van der Waals surface area (Å²) >= 11 is 0. The summed E-state index contributed by atoms with van der Waals surface area (Å²) in [6, 6.07) is 5.80. The van der Waals surface area contributed by atoms with Crippen LogP contribution in [-0.2, 0) is 5.54 Å². The first-order valence-electron chi connectivity index (χ1n) is 9.19. The van der Waals surface area contributed by atoms with Crippen molar-refractivity contribution >= 4 is 0 Å². The zero-order valence-electron chi connectivity index (χ0n) is 14.0. The molecular formula is C18H21N5O2. The average Bonchev–Trinajstić information content (AvgIpc) is 3.27. The number of ether oxygens (including phenoxy) is 2. The predicted octanol–water partition coefficient (Wildman–Crippen LogP) is 2.00. The van der Waals surface area contributed by atoms with Gasteiger partial charge in [0.15, 0.2) is 17.3 Å². The van der Waals surface area contributed by atoms with E-state index in [-0.39, 0.29) is 6.79 Å². The van der Waals surface area contributed by atoms with Crippen LogP contribution in [0.15, 0.2) is 18.2 Å². The number of fused-ring (bicyclic) bond motifs is 1. The summed E-state index contributed by atoms with van der Waals surface area (Å²) in [6.45, 7) is 0.259. The van der Waals surface area contributed by atoms with Gasteiger partial charge in [-0.05, 0) is 78.3 Å². The highest BCUT2D eigenvalue weighted by atomic mass is 16.7. The second-order valence-electron chi connectivity index (χ2n) is 8.19. The van der Waals surface area contributed by atoms with Gasteiger partial charge in [0.1, 0.15) is 0 Å². The van der Waals surface area contributed by atoms with E-state index in [4.69, 9.17) is 15.2 Å². The minimum Gasteiger partial charge on any atom is -0.454 e. The fourth-order valence-corrected chi connectivity index (χ4v) is 5.98. The Hall–Kier alpha value is -2.15. The molecule has 2 aromatic rings. The third kappa shape index (κ3) is 1.82. The Bertz CT molecular complexity index is 820. The molecular weight excluding hydrogens is 318 g/mol. The van der Waals surface area contributed by atoms with Crippen LogP contribution in [0.5, 0.6) is 11.5 Å². The third-order valence-corrected chi connectivity index (χ3v) is 6.95. The van der Waals surface area contributed by atoms with E-state index >= 15 is 0 Å². The molecule has 5 aliphatic rings. The predicted molar refractivity (Wildman–Crippen MR) is 88.2 cm³/mol. The zero-order chi connectivity index (χ0) is 16.6. The maximum atomic E-state index is 7.09. The van der Waals surface area contributed by atoms with Crippen LogP contribution in [0.4, 0.5) is 0 Å². The topological polar surface area (TPSA) is 88.1 Å². The van der Waals surface area contributed by atoms with Gasteiger partial charge in [0.2, 0.25) is 6.79 Å². The van der Waals surface area contributed by atoms with Crippen molar-refractivity contribution in [3.05, 3.63) is 24.0 Å². The van der Waals surface area contributed by atoms with Crippen molar-refractivity contribution < 1.29 is 9.47 Å². The van der Waals surface area contributed by atoms with Gasteiger partial charge in [-0.25, -0.2) is 0 Å². The van der Waals surface area contributed by atoms with Gasteiger partial charge >= 0.3 is 0 Å². The van der Waals surface area contributed by atoms with Crippen molar-refractivity contribution in [2.75, 3.05) is 6.79 Å². The molecule has 2 heterocycles. The van der Waals surface area contributed by atoms with Gasteiger partial charge in [-0.1, -0.05) is 0 Å². The highest BCUT2D eigenvalue weighted by molar-refractivity contribution is 5.50. The van der Waals surface area contributed by atoms with E-state index in [0.29, 0.717) is 11.8 Å². The first kappa shape index (κ1) is 14.1. The first-order chi connectivity index (χ1) is 12.2. The Morgan fingerprint density at radius 3 is 2.48 bits per heavy atom.